The minimum absolute atomic E-state index is 0.188. The smallest absolute Gasteiger partial charge is 0.349 e. The first-order valence-corrected chi connectivity index (χ1v) is 9.01. The average Bonchev–Trinajstić information content (AvgIpc) is 2.61. The van der Waals surface area contributed by atoms with Crippen molar-refractivity contribution in [1.29, 1.82) is 0 Å². The maximum Gasteiger partial charge on any atom is 0.349 e. The number of carbonyl (C=O) groups excluding carboxylic acids is 1. The Morgan fingerprint density at radius 2 is 1.68 bits per heavy atom. The molecular weight excluding hydrogens is 452 g/mol. The van der Waals surface area contributed by atoms with E-state index < -0.39 is 5.97 Å². The van der Waals surface area contributed by atoms with Gasteiger partial charge in [0, 0.05) is 4.47 Å². The quantitative estimate of drug-likeness (QED) is 0.376. The summed E-state index contributed by atoms with van der Waals surface area (Å²) in [6, 6.07) is 16.5. The lowest BCUT2D eigenvalue weighted by Crippen LogP contribution is -2.17. The van der Waals surface area contributed by atoms with Crippen molar-refractivity contribution >= 4 is 48.6 Å². The molecule has 0 heterocycles. The summed E-state index contributed by atoms with van der Waals surface area (Å²) < 4.78 is 17.7. The number of rotatable bonds is 5. The Kier molecular flexibility index (Phi) is 5.60. The van der Waals surface area contributed by atoms with Crippen LogP contribution in [0, 0.1) is 0 Å². The van der Waals surface area contributed by atoms with Gasteiger partial charge < -0.3 is 14.2 Å². The van der Waals surface area contributed by atoms with E-state index in [1.54, 1.807) is 31.4 Å². The first kappa shape index (κ1) is 17.8. The molecule has 4 nitrogen and oxygen atoms in total. The first-order valence-electron chi connectivity index (χ1n) is 7.42. The van der Waals surface area contributed by atoms with Crippen molar-refractivity contribution in [2.24, 2.45) is 0 Å². The lowest BCUT2D eigenvalue weighted by atomic mass is 10.1. The van der Waals surface area contributed by atoms with Gasteiger partial charge in [-0.25, -0.2) is 4.79 Å². The van der Waals surface area contributed by atoms with E-state index in [0.29, 0.717) is 17.2 Å². The molecule has 0 saturated carbocycles. The third-order valence-electron chi connectivity index (χ3n) is 3.52. The molecule has 3 aromatic rings. The van der Waals surface area contributed by atoms with Gasteiger partial charge in [-0.05, 0) is 69.2 Å². The van der Waals surface area contributed by atoms with Crippen molar-refractivity contribution < 1.29 is 19.0 Å². The molecule has 3 rings (SSSR count). The fraction of sp³-hybridized carbons (Fsp3) is 0.105. The third-order valence-corrected chi connectivity index (χ3v) is 4.83. The average molecular weight is 466 g/mol. The van der Waals surface area contributed by atoms with E-state index >= 15 is 0 Å². The van der Waals surface area contributed by atoms with E-state index in [-0.39, 0.29) is 6.61 Å². The summed E-state index contributed by atoms with van der Waals surface area (Å²) in [4.78, 5) is 12.0. The van der Waals surface area contributed by atoms with E-state index in [1.807, 2.05) is 30.3 Å². The van der Waals surface area contributed by atoms with Gasteiger partial charge in [0.2, 0.25) is 0 Å². The lowest BCUT2D eigenvalue weighted by molar-refractivity contribution is -0.136. The van der Waals surface area contributed by atoms with Crippen molar-refractivity contribution in [3.05, 3.63) is 63.5 Å². The van der Waals surface area contributed by atoms with Crippen LogP contribution in [0.3, 0.4) is 0 Å². The van der Waals surface area contributed by atoms with Gasteiger partial charge in [0.1, 0.15) is 17.2 Å². The summed E-state index contributed by atoms with van der Waals surface area (Å²) in [6.07, 6.45) is 0. The molecule has 0 spiro atoms. The topological polar surface area (TPSA) is 44.8 Å². The van der Waals surface area contributed by atoms with Crippen LogP contribution in [0.1, 0.15) is 0 Å². The van der Waals surface area contributed by atoms with Crippen molar-refractivity contribution in [3.8, 4) is 17.2 Å². The Labute approximate surface area is 162 Å². The summed E-state index contributed by atoms with van der Waals surface area (Å²) in [6.45, 7) is -0.188. The predicted molar refractivity (Wildman–Crippen MR) is 103 cm³/mol. The fourth-order valence-electron chi connectivity index (χ4n) is 2.30. The zero-order chi connectivity index (χ0) is 17.8. The van der Waals surface area contributed by atoms with Crippen LogP contribution in [0.15, 0.2) is 63.5 Å². The fourth-order valence-corrected chi connectivity index (χ4v) is 3.28. The van der Waals surface area contributed by atoms with Crippen LogP contribution in [0.2, 0.25) is 0 Å². The maximum atomic E-state index is 12.0. The Morgan fingerprint density at radius 3 is 2.40 bits per heavy atom. The van der Waals surface area contributed by atoms with Crippen molar-refractivity contribution in [2.75, 3.05) is 13.7 Å². The summed E-state index contributed by atoms with van der Waals surface area (Å²) in [7, 11) is 1.58. The number of benzene rings is 3. The van der Waals surface area contributed by atoms with Crippen molar-refractivity contribution in [1.82, 2.24) is 0 Å². The summed E-state index contributed by atoms with van der Waals surface area (Å²) >= 11 is 6.98. The van der Waals surface area contributed by atoms with Crippen molar-refractivity contribution in [3.63, 3.8) is 0 Å². The molecule has 0 amide bonds. The maximum absolute atomic E-state index is 12.0. The number of esters is 1. The summed E-state index contributed by atoms with van der Waals surface area (Å²) in [5.74, 6) is 1.24. The monoisotopic (exact) mass is 464 g/mol. The molecule has 0 aliphatic heterocycles. The second-order valence-corrected chi connectivity index (χ2v) is 6.89. The highest BCUT2D eigenvalue weighted by atomic mass is 79.9. The van der Waals surface area contributed by atoms with Gasteiger partial charge in [-0.15, -0.1) is 0 Å². The number of ether oxygens (including phenoxy) is 3. The second kappa shape index (κ2) is 7.89. The van der Waals surface area contributed by atoms with E-state index in [0.717, 1.165) is 19.7 Å². The number of carbonyl (C=O) groups is 1. The van der Waals surface area contributed by atoms with Crippen LogP contribution in [0.4, 0.5) is 0 Å². The zero-order valence-electron chi connectivity index (χ0n) is 13.3. The molecule has 0 radical (unpaired) electrons. The Morgan fingerprint density at radius 1 is 0.960 bits per heavy atom. The molecule has 0 N–H and O–H groups in total. The number of methoxy groups -OCH3 is 1. The second-order valence-electron chi connectivity index (χ2n) is 5.18. The van der Waals surface area contributed by atoms with Crippen LogP contribution in [-0.2, 0) is 4.79 Å². The predicted octanol–water partition coefficient (Wildman–Crippen LogP) is 5.36. The molecule has 0 fully saturated rings. The highest BCUT2D eigenvalue weighted by molar-refractivity contribution is 9.11. The Balaban J connectivity index is 1.66. The van der Waals surface area contributed by atoms with Gasteiger partial charge in [-0.1, -0.05) is 28.1 Å². The van der Waals surface area contributed by atoms with E-state index in [1.165, 1.54) is 0 Å². The molecule has 0 aliphatic rings. The Bertz CT molecular complexity index is 907. The summed E-state index contributed by atoms with van der Waals surface area (Å²) in [5, 5.41) is 2.07. The van der Waals surface area contributed by atoms with Gasteiger partial charge in [0.25, 0.3) is 0 Å². The number of fused-ring (bicyclic) bond motifs is 1. The SMILES string of the molecule is COc1ccc(OC(=O)COc2ccc3cc(Br)ccc3c2Br)cc1. The number of halogens is 2. The molecule has 0 aromatic heterocycles. The molecule has 128 valence electrons. The minimum Gasteiger partial charge on any atom is -0.497 e. The van der Waals surface area contributed by atoms with Gasteiger partial charge >= 0.3 is 5.97 Å². The zero-order valence-corrected chi connectivity index (χ0v) is 16.5. The van der Waals surface area contributed by atoms with Crippen LogP contribution in [0.25, 0.3) is 10.8 Å². The highest BCUT2D eigenvalue weighted by Crippen LogP contribution is 2.34. The molecule has 0 atom stereocenters. The Hall–Kier alpha value is -2.05. The number of hydrogen-bond acceptors (Lipinski definition) is 4. The van der Waals surface area contributed by atoms with E-state index in [9.17, 15) is 4.79 Å². The van der Waals surface area contributed by atoms with Gasteiger partial charge in [-0.3, -0.25) is 0 Å². The first-order chi connectivity index (χ1) is 12.1. The van der Waals surface area contributed by atoms with E-state index in [4.69, 9.17) is 14.2 Å². The van der Waals surface area contributed by atoms with E-state index in [2.05, 4.69) is 31.9 Å². The molecule has 0 aliphatic carbocycles. The standard InChI is InChI=1S/C19H14Br2O4/c1-23-14-4-6-15(7-5-14)25-18(22)11-24-17-9-2-12-10-13(20)3-8-16(12)19(17)21/h2-10H,11H2,1H3. The van der Waals surface area contributed by atoms with Crippen LogP contribution < -0.4 is 14.2 Å². The van der Waals surface area contributed by atoms with Crippen LogP contribution in [0.5, 0.6) is 17.2 Å². The largest absolute Gasteiger partial charge is 0.497 e. The molecule has 6 heteroatoms. The normalized spacial score (nSPS) is 10.5. The minimum atomic E-state index is -0.479. The van der Waals surface area contributed by atoms with Gasteiger partial charge in [-0.2, -0.15) is 0 Å². The van der Waals surface area contributed by atoms with Crippen LogP contribution in [-0.4, -0.2) is 19.7 Å². The summed E-state index contributed by atoms with van der Waals surface area (Å²) in [5.41, 5.74) is 0. The molecule has 0 saturated heterocycles. The van der Waals surface area contributed by atoms with Gasteiger partial charge in [0.05, 0.1) is 11.6 Å². The molecular formula is C19H14Br2O4. The van der Waals surface area contributed by atoms with Crippen LogP contribution >= 0.6 is 31.9 Å². The molecule has 0 unspecified atom stereocenters. The lowest BCUT2D eigenvalue weighted by Gasteiger charge is -2.10. The third kappa shape index (κ3) is 4.32. The molecule has 3 aromatic carbocycles. The highest BCUT2D eigenvalue weighted by Gasteiger charge is 2.11. The van der Waals surface area contributed by atoms with Gasteiger partial charge in [0.15, 0.2) is 6.61 Å². The molecule has 0 bridgehead atoms. The van der Waals surface area contributed by atoms with Crippen molar-refractivity contribution in [2.45, 2.75) is 0 Å². The number of hydrogen-bond donors (Lipinski definition) is 0. The molecule has 25 heavy (non-hydrogen) atoms.